The molecule has 0 amide bonds. The van der Waals surface area contributed by atoms with Crippen molar-refractivity contribution in [2.24, 2.45) is 0 Å². The molecule has 2 aromatic carbocycles. The molecule has 3 heteroatoms. The van der Waals surface area contributed by atoms with E-state index in [9.17, 15) is 0 Å². The highest BCUT2D eigenvalue weighted by molar-refractivity contribution is 5.26. The molecule has 1 fully saturated rings. The molecule has 1 aliphatic heterocycles. The van der Waals surface area contributed by atoms with E-state index in [1.165, 1.54) is 11.1 Å². The molecule has 3 rings (SSSR count). The highest BCUT2D eigenvalue weighted by Gasteiger charge is 2.50. The van der Waals surface area contributed by atoms with Gasteiger partial charge in [-0.2, -0.15) is 0 Å². The van der Waals surface area contributed by atoms with Crippen LogP contribution in [0.4, 0.5) is 0 Å². The van der Waals surface area contributed by atoms with E-state index in [-0.39, 0.29) is 24.0 Å². The number of rotatable bonds is 6. The fraction of sp³-hybridized carbons (Fsp3) is 0.500. The summed E-state index contributed by atoms with van der Waals surface area (Å²) in [7, 11) is 0. The number of nitrogens with zero attached hydrogens (tertiary/aromatic N) is 1. The molecule has 146 valence electrons. The van der Waals surface area contributed by atoms with Crippen LogP contribution in [0.3, 0.4) is 0 Å². The van der Waals surface area contributed by atoms with Crippen molar-refractivity contribution < 1.29 is 9.47 Å². The summed E-state index contributed by atoms with van der Waals surface area (Å²) < 4.78 is 13.2. The van der Waals surface area contributed by atoms with Gasteiger partial charge in [-0.25, -0.2) is 0 Å². The van der Waals surface area contributed by atoms with Gasteiger partial charge in [0.15, 0.2) is 6.29 Å². The summed E-state index contributed by atoms with van der Waals surface area (Å²) in [6.45, 7) is 12.0. The van der Waals surface area contributed by atoms with Crippen LogP contribution in [0.1, 0.15) is 58.3 Å². The molecule has 5 atom stereocenters. The number of benzene rings is 2. The van der Waals surface area contributed by atoms with E-state index < -0.39 is 0 Å². The molecule has 4 unspecified atom stereocenters. The monoisotopic (exact) mass is 367 g/mol. The molecule has 0 saturated carbocycles. The van der Waals surface area contributed by atoms with Crippen LogP contribution in [0.5, 0.6) is 0 Å². The second-order valence-electron chi connectivity index (χ2n) is 7.66. The third-order valence-electron chi connectivity index (χ3n) is 6.09. The summed E-state index contributed by atoms with van der Waals surface area (Å²) in [6, 6.07) is 21.4. The predicted octanol–water partition coefficient (Wildman–Crippen LogP) is 5.52. The topological polar surface area (TPSA) is 21.7 Å². The van der Waals surface area contributed by atoms with E-state index in [1.807, 2.05) is 6.07 Å². The Hall–Kier alpha value is -1.68. The first-order valence-electron chi connectivity index (χ1n) is 10.2. The SMILES string of the molecule is CCC(OC1OC(C)C(C)N(CC)[C@@]1(C)c1ccccc1)c1ccccc1. The first-order chi connectivity index (χ1) is 13.0. The average molecular weight is 368 g/mol. The first-order valence-corrected chi connectivity index (χ1v) is 10.2. The minimum atomic E-state index is -0.343. The number of hydrogen-bond acceptors (Lipinski definition) is 3. The standard InChI is InChI=1S/C24H33NO2/c1-6-22(20-14-10-8-11-15-20)27-23-24(5,21-16-12-9-13-17-21)25(7-2)18(3)19(4)26-23/h8-19,22-23H,6-7H2,1-5H3/t18?,19?,22?,23?,24-/m0/s1. The van der Waals surface area contributed by atoms with E-state index in [1.54, 1.807) is 0 Å². The Labute approximate surface area is 164 Å². The van der Waals surface area contributed by atoms with Crippen molar-refractivity contribution in [3.63, 3.8) is 0 Å². The molecule has 0 aromatic heterocycles. The molecule has 0 spiro atoms. The van der Waals surface area contributed by atoms with Crippen molar-refractivity contribution in [3.05, 3.63) is 71.8 Å². The van der Waals surface area contributed by atoms with Gasteiger partial charge in [-0.05, 0) is 44.9 Å². The Morgan fingerprint density at radius 1 is 1.00 bits per heavy atom. The molecular formula is C24H33NO2. The van der Waals surface area contributed by atoms with Crippen molar-refractivity contribution in [2.75, 3.05) is 6.54 Å². The number of hydrogen-bond donors (Lipinski definition) is 0. The maximum absolute atomic E-state index is 6.68. The maximum Gasteiger partial charge on any atom is 0.180 e. The van der Waals surface area contributed by atoms with Crippen LogP contribution in [0.25, 0.3) is 0 Å². The molecule has 0 aliphatic carbocycles. The Balaban J connectivity index is 1.99. The number of ether oxygens (including phenoxy) is 2. The summed E-state index contributed by atoms with van der Waals surface area (Å²) in [5, 5.41) is 0. The molecule has 2 aromatic rings. The summed E-state index contributed by atoms with van der Waals surface area (Å²) in [5.41, 5.74) is 2.09. The molecule has 0 N–H and O–H groups in total. The lowest BCUT2D eigenvalue weighted by atomic mass is 9.85. The Morgan fingerprint density at radius 3 is 2.15 bits per heavy atom. The maximum atomic E-state index is 6.68. The Kier molecular flexibility index (Phi) is 6.36. The lowest BCUT2D eigenvalue weighted by Crippen LogP contribution is -2.64. The van der Waals surface area contributed by atoms with Crippen molar-refractivity contribution in [1.29, 1.82) is 0 Å². The van der Waals surface area contributed by atoms with Crippen LogP contribution < -0.4 is 0 Å². The molecular weight excluding hydrogens is 334 g/mol. The van der Waals surface area contributed by atoms with Gasteiger partial charge >= 0.3 is 0 Å². The average Bonchev–Trinajstić information content (AvgIpc) is 2.71. The Morgan fingerprint density at radius 2 is 1.59 bits per heavy atom. The van der Waals surface area contributed by atoms with Gasteiger partial charge in [0.2, 0.25) is 0 Å². The minimum Gasteiger partial charge on any atom is -0.346 e. The van der Waals surface area contributed by atoms with Crippen molar-refractivity contribution in [1.82, 2.24) is 4.90 Å². The van der Waals surface area contributed by atoms with Gasteiger partial charge in [-0.3, -0.25) is 4.90 Å². The van der Waals surface area contributed by atoms with Crippen LogP contribution in [0, 0.1) is 0 Å². The van der Waals surface area contributed by atoms with Gasteiger partial charge in [0, 0.05) is 6.04 Å². The van der Waals surface area contributed by atoms with Crippen molar-refractivity contribution in [3.8, 4) is 0 Å². The third kappa shape index (κ3) is 3.82. The lowest BCUT2D eigenvalue weighted by molar-refractivity contribution is -0.298. The van der Waals surface area contributed by atoms with Crippen molar-refractivity contribution >= 4 is 0 Å². The lowest BCUT2D eigenvalue weighted by Gasteiger charge is -2.55. The Bertz CT molecular complexity index is 705. The van der Waals surface area contributed by atoms with Gasteiger partial charge in [0.05, 0.1) is 17.7 Å². The molecule has 1 heterocycles. The van der Waals surface area contributed by atoms with Crippen molar-refractivity contribution in [2.45, 2.75) is 71.1 Å². The van der Waals surface area contributed by atoms with E-state index in [0.717, 1.165) is 13.0 Å². The highest BCUT2D eigenvalue weighted by atomic mass is 16.7. The molecule has 1 saturated heterocycles. The number of morpholine rings is 1. The zero-order valence-electron chi connectivity index (χ0n) is 17.3. The van der Waals surface area contributed by atoms with Crippen LogP contribution in [-0.4, -0.2) is 29.9 Å². The van der Waals surface area contributed by atoms with Crippen LogP contribution in [-0.2, 0) is 15.0 Å². The van der Waals surface area contributed by atoms with E-state index in [2.05, 4.69) is 94.1 Å². The summed E-state index contributed by atoms with van der Waals surface area (Å²) in [6.07, 6.45) is 0.694. The second-order valence-corrected chi connectivity index (χ2v) is 7.66. The normalized spacial score (nSPS) is 30.2. The quantitative estimate of drug-likeness (QED) is 0.670. The van der Waals surface area contributed by atoms with Crippen LogP contribution in [0.2, 0.25) is 0 Å². The molecule has 0 radical (unpaired) electrons. The molecule has 0 bridgehead atoms. The molecule has 27 heavy (non-hydrogen) atoms. The van der Waals surface area contributed by atoms with Gasteiger partial charge in [0.25, 0.3) is 0 Å². The second kappa shape index (κ2) is 8.55. The van der Waals surface area contributed by atoms with Gasteiger partial charge < -0.3 is 9.47 Å². The van der Waals surface area contributed by atoms with E-state index in [4.69, 9.17) is 9.47 Å². The molecule has 1 aliphatic rings. The predicted molar refractivity (Wildman–Crippen MR) is 111 cm³/mol. The van der Waals surface area contributed by atoms with Crippen LogP contribution >= 0.6 is 0 Å². The zero-order valence-corrected chi connectivity index (χ0v) is 17.3. The highest BCUT2D eigenvalue weighted by Crippen LogP contribution is 2.43. The minimum absolute atomic E-state index is 0.0125. The van der Waals surface area contributed by atoms with Gasteiger partial charge in [-0.1, -0.05) is 74.5 Å². The van der Waals surface area contributed by atoms with E-state index in [0.29, 0.717) is 6.04 Å². The van der Waals surface area contributed by atoms with Crippen LogP contribution in [0.15, 0.2) is 60.7 Å². The van der Waals surface area contributed by atoms with E-state index >= 15 is 0 Å². The fourth-order valence-corrected chi connectivity index (χ4v) is 4.34. The van der Waals surface area contributed by atoms with Gasteiger partial charge in [-0.15, -0.1) is 0 Å². The summed E-state index contributed by atoms with van der Waals surface area (Å²) in [4.78, 5) is 2.53. The first kappa shape index (κ1) is 20.1. The van der Waals surface area contributed by atoms with Gasteiger partial charge in [0.1, 0.15) is 0 Å². The number of likely N-dealkylation sites (N-methyl/N-ethyl adjacent to an activating group) is 1. The summed E-state index contributed by atoms with van der Waals surface area (Å²) in [5.74, 6) is 0. The zero-order chi connectivity index (χ0) is 19.4. The molecule has 3 nitrogen and oxygen atoms in total. The largest absolute Gasteiger partial charge is 0.346 e. The third-order valence-corrected chi connectivity index (χ3v) is 6.09. The smallest absolute Gasteiger partial charge is 0.180 e. The summed E-state index contributed by atoms with van der Waals surface area (Å²) >= 11 is 0. The fourth-order valence-electron chi connectivity index (χ4n) is 4.34.